The summed E-state index contributed by atoms with van der Waals surface area (Å²) in [7, 11) is -2.82. The molecule has 0 aliphatic heterocycles. The van der Waals surface area contributed by atoms with Crippen molar-refractivity contribution in [1.82, 2.24) is 10.2 Å². The van der Waals surface area contributed by atoms with Gasteiger partial charge in [0.05, 0.1) is 22.7 Å². The molecular formula is C35H37Cl2N3O5S. The fraction of sp³-hybridized carbons (Fsp3) is 0.257. The van der Waals surface area contributed by atoms with Crippen molar-refractivity contribution in [3.8, 4) is 5.75 Å². The highest BCUT2D eigenvalue weighted by Gasteiger charge is 2.34. The second-order valence-corrected chi connectivity index (χ2v) is 13.5. The maximum atomic E-state index is 14.5. The molecule has 11 heteroatoms. The number of ether oxygens (including phenoxy) is 1. The van der Waals surface area contributed by atoms with Crippen molar-refractivity contribution in [2.75, 3.05) is 24.5 Å². The van der Waals surface area contributed by atoms with Gasteiger partial charge in [-0.2, -0.15) is 0 Å². The summed E-state index contributed by atoms with van der Waals surface area (Å²) in [5, 5.41) is 3.57. The van der Waals surface area contributed by atoms with E-state index in [0.717, 1.165) is 15.4 Å². The first-order valence-electron chi connectivity index (χ1n) is 14.8. The van der Waals surface area contributed by atoms with Crippen LogP contribution in [0.25, 0.3) is 0 Å². The number of aryl methyl sites for hydroxylation is 1. The molecule has 0 heterocycles. The van der Waals surface area contributed by atoms with Crippen LogP contribution >= 0.6 is 23.2 Å². The zero-order valence-electron chi connectivity index (χ0n) is 26.0. The predicted octanol–water partition coefficient (Wildman–Crippen LogP) is 6.67. The second-order valence-electron chi connectivity index (χ2n) is 10.8. The summed E-state index contributed by atoms with van der Waals surface area (Å²) in [6, 6.07) is 26.3. The maximum absolute atomic E-state index is 14.5. The van der Waals surface area contributed by atoms with E-state index in [1.807, 2.05) is 44.2 Å². The Kier molecular flexibility index (Phi) is 12.1. The molecule has 1 unspecified atom stereocenters. The fourth-order valence-electron chi connectivity index (χ4n) is 4.93. The Morgan fingerprint density at radius 1 is 0.891 bits per heavy atom. The second kappa shape index (κ2) is 16.0. The highest BCUT2D eigenvalue weighted by Crippen LogP contribution is 2.32. The van der Waals surface area contributed by atoms with Gasteiger partial charge >= 0.3 is 0 Å². The van der Waals surface area contributed by atoms with Crippen molar-refractivity contribution in [2.24, 2.45) is 0 Å². The molecule has 0 fully saturated rings. The summed E-state index contributed by atoms with van der Waals surface area (Å²) in [6.45, 7) is 3.62. The van der Waals surface area contributed by atoms with E-state index in [4.69, 9.17) is 27.9 Å². The smallest absolute Gasteiger partial charge is 0.264 e. The molecule has 0 saturated carbocycles. The number of nitrogens with zero attached hydrogens (tertiary/aromatic N) is 2. The molecule has 4 rings (SSSR count). The largest absolute Gasteiger partial charge is 0.495 e. The third-order valence-corrected chi connectivity index (χ3v) is 9.69. The first kappa shape index (κ1) is 34.8. The van der Waals surface area contributed by atoms with Crippen molar-refractivity contribution in [2.45, 2.75) is 44.2 Å². The standard InChI is InChI=1S/C35H37Cl2N3O5S/c1-4-19-38-35(42)32(21-26-9-6-5-7-10-26)39(23-27-11-8-12-28(36)20-27)34(41)24-40(29-15-18-33(45-3)31(37)22-29)46(43,44)30-16-13-25(2)14-17-30/h5-18,20,22,32H,4,19,21,23-24H2,1-3H3,(H,38,42). The number of carbonyl (C=O) groups is 2. The molecule has 2 amide bonds. The van der Waals surface area contributed by atoms with Gasteiger partial charge in [0.15, 0.2) is 0 Å². The minimum atomic E-state index is -4.27. The van der Waals surface area contributed by atoms with E-state index in [2.05, 4.69) is 5.32 Å². The number of carbonyl (C=O) groups excluding carboxylic acids is 2. The lowest BCUT2D eigenvalue weighted by atomic mass is 10.0. The number of hydrogen-bond acceptors (Lipinski definition) is 5. The van der Waals surface area contributed by atoms with Gasteiger partial charge in [-0.25, -0.2) is 8.42 Å². The molecule has 0 aromatic heterocycles. The van der Waals surface area contributed by atoms with Crippen molar-refractivity contribution in [3.63, 3.8) is 0 Å². The van der Waals surface area contributed by atoms with Crippen LogP contribution in [-0.2, 0) is 32.6 Å². The highest BCUT2D eigenvalue weighted by molar-refractivity contribution is 7.92. The molecule has 8 nitrogen and oxygen atoms in total. The van der Waals surface area contributed by atoms with Crippen LogP contribution in [0, 0.1) is 6.92 Å². The van der Waals surface area contributed by atoms with Crippen LogP contribution in [0.4, 0.5) is 5.69 Å². The Hall–Kier alpha value is -4.05. The summed E-state index contributed by atoms with van der Waals surface area (Å²) < 4.78 is 34.7. The van der Waals surface area contributed by atoms with E-state index in [0.29, 0.717) is 29.3 Å². The normalized spacial score (nSPS) is 11.8. The minimum Gasteiger partial charge on any atom is -0.495 e. The van der Waals surface area contributed by atoms with Crippen molar-refractivity contribution in [3.05, 3.63) is 124 Å². The Bertz CT molecular complexity index is 1750. The van der Waals surface area contributed by atoms with Gasteiger partial charge in [-0.15, -0.1) is 0 Å². The molecule has 0 saturated heterocycles. The summed E-state index contributed by atoms with van der Waals surface area (Å²) >= 11 is 12.7. The molecule has 1 atom stereocenters. The van der Waals surface area contributed by atoms with E-state index in [9.17, 15) is 18.0 Å². The lowest BCUT2D eigenvalue weighted by molar-refractivity contribution is -0.140. The summed E-state index contributed by atoms with van der Waals surface area (Å²) in [5.74, 6) is -0.584. The molecule has 4 aromatic rings. The molecule has 46 heavy (non-hydrogen) atoms. The van der Waals surface area contributed by atoms with E-state index >= 15 is 0 Å². The molecular weight excluding hydrogens is 645 g/mol. The van der Waals surface area contributed by atoms with Crippen molar-refractivity contribution >= 4 is 50.7 Å². The zero-order chi connectivity index (χ0) is 33.3. The van der Waals surface area contributed by atoms with Crippen LogP contribution in [0.2, 0.25) is 10.0 Å². The number of nitrogens with one attached hydrogen (secondary N) is 1. The molecule has 1 N–H and O–H groups in total. The molecule has 0 bridgehead atoms. The van der Waals surface area contributed by atoms with E-state index < -0.39 is 28.5 Å². The maximum Gasteiger partial charge on any atom is 0.264 e. The average molecular weight is 683 g/mol. The minimum absolute atomic E-state index is 0.000700. The lowest BCUT2D eigenvalue weighted by Gasteiger charge is -2.34. The van der Waals surface area contributed by atoms with E-state index in [1.54, 1.807) is 42.5 Å². The Balaban J connectivity index is 1.82. The predicted molar refractivity (Wildman–Crippen MR) is 183 cm³/mol. The number of methoxy groups -OCH3 is 1. The van der Waals surface area contributed by atoms with Crippen LogP contribution < -0.4 is 14.4 Å². The number of amides is 2. The van der Waals surface area contributed by atoms with Crippen LogP contribution in [0.5, 0.6) is 5.75 Å². The number of hydrogen-bond donors (Lipinski definition) is 1. The lowest BCUT2D eigenvalue weighted by Crippen LogP contribution is -2.53. The molecule has 0 aliphatic carbocycles. The van der Waals surface area contributed by atoms with Gasteiger partial charge in [0.2, 0.25) is 11.8 Å². The first-order chi connectivity index (χ1) is 22.0. The van der Waals surface area contributed by atoms with Crippen LogP contribution in [0.15, 0.2) is 102 Å². The Morgan fingerprint density at radius 3 is 2.22 bits per heavy atom. The molecule has 4 aromatic carbocycles. The van der Waals surface area contributed by atoms with Crippen molar-refractivity contribution in [1.29, 1.82) is 0 Å². The van der Waals surface area contributed by atoms with Crippen LogP contribution in [0.3, 0.4) is 0 Å². The van der Waals surface area contributed by atoms with Gasteiger partial charge in [-0.1, -0.05) is 90.3 Å². The van der Waals surface area contributed by atoms with Gasteiger partial charge in [-0.05, 0) is 66.9 Å². The van der Waals surface area contributed by atoms with Gasteiger partial charge in [0.25, 0.3) is 10.0 Å². The summed E-state index contributed by atoms with van der Waals surface area (Å²) in [5.41, 5.74) is 2.57. The van der Waals surface area contributed by atoms with Gasteiger partial charge in [-0.3, -0.25) is 13.9 Å². The van der Waals surface area contributed by atoms with Crippen LogP contribution in [0.1, 0.15) is 30.0 Å². The number of benzene rings is 4. The Morgan fingerprint density at radius 2 is 1.59 bits per heavy atom. The fourth-order valence-corrected chi connectivity index (χ4v) is 6.80. The van der Waals surface area contributed by atoms with E-state index in [-0.39, 0.29) is 34.5 Å². The van der Waals surface area contributed by atoms with Crippen LogP contribution in [-0.4, -0.2) is 51.4 Å². The van der Waals surface area contributed by atoms with Gasteiger partial charge in [0, 0.05) is 24.5 Å². The quantitative estimate of drug-likeness (QED) is 0.160. The molecule has 0 spiro atoms. The number of halogens is 2. The highest BCUT2D eigenvalue weighted by atomic mass is 35.5. The number of sulfonamides is 1. The molecule has 0 radical (unpaired) electrons. The first-order valence-corrected chi connectivity index (χ1v) is 17.0. The SMILES string of the molecule is CCCNC(=O)C(Cc1ccccc1)N(Cc1cccc(Cl)c1)C(=O)CN(c1ccc(OC)c(Cl)c1)S(=O)(=O)c1ccc(C)cc1. The summed E-state index contributed by atoms with van der Waals surface area (Å²) in [6.07, 6.45) is 0.911. The number of anilines is 1. The Labute approximate surface area is 280 Å². The molecule has 242 valence electrons. The van der Waals surface area contributed by atoms with E-state index in [1.165, 1.54) is 36.3 Å². The molecule has 0 aliphatic rings. The van der Waals surface area contributed by atoms with Gasteiger partial charge in [0.1, 0.15) is 18.3 Å². The third-order valence-electron chi connectivity index (χ3n) is 7.37. The van der Waals surface area contributed by atoms with Gasteiger partial charge < -0.3 is 15.0 Å². The third kappa shape index (κ3) is 8.81. The number of rotatable bonds is 14. The van der Waals surface area contributed by atoms with Crippen molar-refractivity contribution < 1.29 is 22.7 Å². The average Bonchev–Trinajstić information content (AvgIpc) is 3.04. The monoisotopic (exact) mass is 681 g/mol. The summed E-state index contributed by atoms with van der Waals surface area (Å²) in [4.78, 5) is 29.7. The zero-order valence-corrected chi connectivity index (χ0v) is 28.3. The topological polar surface area (TPSA) is 96.0 Å².